The van der Waals surface area contributed by atoms with Crippen LogP contribution in [0.3, 0.4) is 0 Å². The second kappa shape index (κ2) is 10.2. The molecule has 0 saturated carbocycles. The first kappa shape index (κ1) is 20.3. The molecule has 1 unspecified atom stereocenters. The van der Waals surface area contributed by atoms with Gasteiger partial charge in [0.2, 0.25) is 11.8 Å². The third-order valence-electron chi connectivity index (χ3n) is 3.74. The van der Waals surface area contributed by atoms with Gasteiger partial charge in [0.1, 0.15) is 0 Å². The lowest BCUT2D eigenvalue weighted by Gasteiger charge is -2.24. The van der Waals surface area contributed by atoms with Crippen LogP contribution in [-0.4, -0.2) is 34.3 Å². The van der Waals surface area contributed by atoms with Crippen molar-refractivity contribution in [3.63, 3.8) is 0 Å². The number of thioether (sulfide) groups is 1. The van der Waals surface area contributed by atoms with E-state index >= 15 is 0 Å². The second-order valence-electron chi connectivity index (χ2n) is 5.95. The monoisotopic (exact) mass is 388 g/mol. The number of amides is 2. The number of benzene rings is 1. The summed E-state index contributed by atoms with van der Waals surface area (Å²) >= 11 is 2.98. The molecule has 2 aromatic rings. The van der Waals surface area contributed by atoms with E-state index in [1.165, 1.54) is 11.8 Å². The van der Waals surface area contributed by atoms with Crippen molar-refractivity contribution in [3.8, 4) is 0 Å². The molecule has 4 nitrogen and oxygen atoms in total. The minimum absolute atomic E-state index is 0.0198. The van der Waals surface area contributed by atoms with Gasteiger partial charge in [-0.15, -0.1) is 29.7 Å². The van der Waals surface area contributed by atoms with Gasteiger partial charge >= 0.3 is 0 Å². The van der Waals surface area contributed by atoms with E-state index in [9.17, 15) is 9.59 Å². The molecule has 1 heterocycles. The van der Waals surface area contributed by atoms with Crippen LogP contribution in [0.5, 0.6) is 0 Å². The van der Waals surface area contributed by atoms with Gasteiger partial charge in [0.05, 0.1) is 17.5 Å². The van der Waals surface area contributed by atoms with Gasteiger partial charge in [-0.2, -0.15) is 0 Å². The molecule has 0 bridgehead atoms. The maximum Gasteiger partial charge on any atom is 0.236 e. The van der Waals surface area contributed by atoms with Crippen molar-refractivity contribution in [2.24, 2.45) is 0 Å². The van der Waals surface area contributed by atoms with E-state index < -0.39 is 0 Å². The van der Waals surface area contributed by atoms with Crippen LogP contribution in [0.4, 0.5) is 5.69 Å². The zero-order chi connectivity index (χ0) is 18.9. The number of aryl methyl sites for hydroxylation is 1. The number of carbonyl (C=O) groups is 2. The molecule has 2 rings (SSSR count). The summed E-state index contributed by atoms with van der Waals surface area (Å²) in [5, 5.41) is 4.56. The van der Waals surface area contributed by atoms with E-state index in [1.54, 1.807) is 22.3 Å². The highest BCUT2D eigenvalue weighted by atomic mass is 32.2. The lowest BCUT2D eigenvalue weighted by molar-refractivity contribution is -0.130. The van der Waals surface area contributed by atoms with Gasteiger partial charge < -0.3 is 10.2 Å². The first-order chi connectivity index (χ1) is 12.5. The molecule has 0 aliphatic rings. The number of anilines is 1. The molecule has 1 aromatic carbocycles. The van der Waals surface area contributed by atoms with Gasteiger partial charge in [-0.05, 0) is 37.4 Å². The summed E-state index contributed by atoms with van der Waals surface area (Å²) < 4.78 is 0. The molecule has 0 fully saturated rings. The van der Waals surface area contributed by atoms with E-state index in [1.807, 2.05) is 55.6 Å². The zero-order valence-electron chi connectivity index (χ0n) is 15.1. The maximum atomic E-state index is 12.7. The summed E-state index contributed by atoms with van der Waals surface area (Å²) in [6.07, 6.45) is 1.73. The average Bonchev–Trinajstić information content (AvgIpc) is 3.14. The van der Waals surface area contributed by atoms with Crippen LogP contribution >= 0.6 is 23.1 Å². The first-order valence-corrected chi connectivity index (χ1v) is 10.3. The molecule has 26 heavy (non-hydrogen) atoms. The molecule has 6 heteroatoms. The summed E-state index contributed by atoms with van der Waals surface area (Å²) in [5.41, 5.74) is 1.91. The van der Waals surface area contributed by atoms with Crippen molar-refractivity contribution >= 4 is 40.6 Å². The van der Waals surface area contributed by atoms with Crippen molar-refractivity contribution in [1.82, 2.24) is 4.90 Å². The number of thiophene rings is 1. The number of nitrogens with zero attached hydrogens (tertiary/aromatic N) is 1. The van der Waals surface area contributed by atoms with Gasteiger partial charge in [0, 0.05) is 17.1 Å². The number of carbonyl (C=O) groups excluding carboxylic acids is 2. The fraction of sp³-hybridized carbons (Fsp3) is 0.300. The molecule has 0 spiro atoms. The van der Waals surface area contributed by atoms with Crippen LogP contribution in [-0.2, 0) is 16.1 Å². The minimum Gasteiger partial charge on any atom is -0.333 e. The third-order valence-corrected chi connectivity index (χ3v) is 5.73. The van der Waals surface area contributed by atoms with Crippen LogP contribution in [0.15, 0.2) is 54.4 Å². The number of rotatable bonds is 9. The summed E-state index contributed by atoms with van der Waals surface area (Å²) in [7, 11) is 0. The van der Waals surface area contributed by atoms with Crippen LogP contribution in [0.25, 0.3) is 0 Å². The summed E-state index contributed by atoms with van der Waals surface area (Å²) in [6, 6.07) is 11.6. The fourth-order valence-corrected chi connectivity index (χ4v) is 3.83. The Morgan fingerprint density at radius 2 is 2.04 bits per heavy atom. The van der Waals surface area contributed by atoms with E-state index in [4.69, 9.17) is 0 Å². The van der Waals surface area contributed by atoms with Crippen molar-refractivity contribution < 1.29 is 9.59 Å². The molecule has 1 aromatic heterocycles. The fourth-order valence-electron chi connectivity index (χ4n) is 2.34. The zero-order valence-corrected chi connectivity index (χ0v) is 16.7. The molecule has 0 aliphatic carbocycles. The summed E-state index contributed by atoms with van der Waals surface area (Å²) in [4.78, 5) is 27.7. The highest BCUT2D eigenvalue weighted by molar-refractivity contribution is 8.01. The Bertz CT molecular complexity index is 727. The van der Waals surface area contributed by atoms with Gasteiger partial charge in [0.25, 0.3) is 0 Å². The number of hydrogen-bond acceptors (Lipinski definition) is 4. The molecular formula is C20H24N2O2S2. The summed E-state index contributed by atoms with van der Waals surface area (Å²) in [5.74, 6) is 0.153. The number of hydrogen-bond donors (Lipinski definition) is 1. The van der Waals surface area contributed by atoms with Crippen molar-refractivity contribution in [2.45, 2.75) is 25.6 Å². The van der Waals surface area contributed by atoms with E-state index in [0.29, 0.717) is 13.1 Å². The SMILES string of the molecule is C=CCN(Cc1cccs1)C(=O)C(C)SCC(=O)Nc1ccc(C)cc1. The average molecular weight is 389 g/mol. The normalized spacial score (nSPS) is 11.6. The highest BCUT2D eigenvalue weighted by Crippen LogP contribution is 2.18. The molecule has 138 valence electrons. The summed E-state index contributed by atoms with van der Waals surface area (Å²) in [6.45, 7) is 8.65. The molecule has 2 amide bonds. The van der Waals surface area contributed by atoms with Crippen molar-refractivity contribution in [2.75, 3.05) is 17.6 Å². The van der Waals surface area contributed by atoms with Gasteiger partial charge in [-0.1, -0.05) is 29.8 Å². The topological polar surface area (TPSA) is 49.4 Å². The molecule has 0 saturated heterocycles. The predicted molar refractivity (Wildman–Crippen MR) is 112 cm³/mol. The van der Waals surface area contributed by atoms with Crippen LogP contribution < -0.4 is 5.32 Å². The second-order valence-corrected chi connectivity index (χ2v) is 8.32. The molecule has 0 aliphatic heterocycles. The minimum atomic E-state index is -0.293. The van der Waals surface area contributed by atoms with Crippen molar-refractivity contribution in [1.29, 1.82) is 0 Å². The Morgan fingerprint density at radius 1 is 1.31 bits per heavy atom. The Hall–Kier alpha value is -2.05. The Kier molecular flexibility index (Phi) is 7.94. The Morgan fingerprint density at radius 3 is 2.65 bits per heavy atom. The van der Waals surface area contributed by atoms with Crippen LogP contribution in [0.2, 0.25) is 0 Å². The first-order valence-electron chi connectivity index (χ1n) is 8.39. The van der Waals surface area contributed by atoms with Crippen LogP contribution in [0, 0.1) is 6.92 Å². The quantitative estimate of drug-likeness (QED) is 0.651. The third kappa shape index (κ3) is 6.35. The highest BCUT2D eigenvalue weighted by Gasteiger charge is 2.21. The van der Waals surface area contributed by atoms with E-state index in [0.717, 1.165) is 16.1 Å². The maximum absolute atomic E-state index is 12.7. The predicted octanol–water partition coefficient (Wildman–Crippen LogP) is 4.33. The van der Waals surface area contributed by atoms with Crippen LogP contribution in [0.1, 0.15) is 17.4 Å². The Balaban J connectivity index is 1.84. The van der Waals surface area contributed by atoms with Crippen molar-refractivity contribution in [3.05, 3.63) is 64.9 Å². The van der Waals surface area contributed by atoms with Gasteiger partial charge in [-0.25, -0.2) is 0 Å². The van der Waals surface area contributed by atoms with E-state index in [-0.39, 0.29) is 22.8 Å². The molecule has 1 N–H and O–H groups in total. The largest absolute Gasteiger partial charge is 0.333 e. The lowest BCUT2D eigenvalue weighted by atomic mass is 10.2. The molecule has 0 radical (unpaired) electrons. The number of nitrogens with one attached hydrogen (secondary N) is 1. The standard InChI is InChI=1S/C20H24N2O2S2/c1-4-11-22(13-18-6-5-12-25-18)20(24)16(3)26-14-19(23)21-17-9-7-15(2)8-10-17/h4-10,12,16H,1,11,13-14H2,2-3H3,(H,21,23). The van der Waals surface area contributed by atoms with Gasteiger partial charge in [0.15, 0.2) is 0 Å². The van der Waals surface area contributed by atoms with E-state index in [2.05, 4.69) is 11.9 Å². The van der Waals surface area contributed by atoms with Gasteiger partial charge in [-0.3, -0.25) is 9.59 Å². The Labute approximate surface area is 163 Å². The molecular weight excluding hydrogens is 364 g/mol. The smallest absolute Gasteiger partial charge is 0.236 e. The molecule has 1 atom stereocenters. The lowest BCUT2D eigenvalue weighted by Crippen LogP contribution is -2.36.